The number of imidazole rings is 1. The van der Waals surface area contributed by atoms with Gasteiger partial charge in [-0.25, -0.2) is 14.8 Å². The second-order valence-electron chi connectivity index (χ2n) is 14.8. The number of likely N-dealkylation sites (tertiary alicyclic amines) is 1. The zero-order chi connectivity index (χ0) is 31.8. The van der Waals surface area contributed by atoms with E-state index in [4.69, 9.17) is 30.1 Å². The number of hydrogen-bond acceptors (Lipinski definition) is 11. The molecule has 10 rings (SSSR count). The van der Waals surface area contributed by atoms with Crippen LogP contribution in [-0.4, -0.2) is 74.6 Å². The maximum absolute atomic E-state index is 14.2. The molecule has 2 saturated heterocycles. The Morgan fingerprint density at radius 3 is 2.74 bits per heavy atom. The molecule has 0 bridgehead atoms. The van der Waals surface area contributed by atoms with Crippen LogP contribution in [0, 0.1) is 17.2 Å². The van der Waals surface area contributed by atoms with Crippen LogP contribution in [0.15, 0.2) is 9.32 Å². The van der Waals surface area contributed by atoms with Gasteiger partial charge in [-0.1, -0.05) is 5.16 Å². The highest BCUT2D eigenvalue weighted by Gasteiger charge is 2.62. The van der Waals surface area contributed by atoms with Crippen LogP contribution < -0.4 is 16.3 Å². The molecule has 0 aromatic carbocycles. The second-order valence-corrected chi connectivity index (χ2v) is 16.0. The van der Waals surface area contributed by atoms with Gasteiger partial charge in [-0.2, -0.15) is 5.26 Å². The van der Waals surface area contributed by atoms with Crippen LogP contribution in [0.5, 0.6) is 0 Å². The molecule has 7 heterocycles. The van der Waals surface area contributed by atoms with Gasteiger partial charge in [0.25, 0.3) is 0 Å². The minimum atomic E-state index is -0.426. The van der Waals surface area contributed by atoms with Gasteiger partial charge in [0, 0.05) is 41.5 Å². The molecule has 47 heavy (non-hydrogen) atoms. The Morgan fingerprint density at radius 1 is 1.15 bits per heavy atom. The Kier molecular flexibility index (Phi) is 5.82. The lowest BCUT2D eigenvalue weighted by Crippen LogP contribution is -2.50. The fourth-order valence-electron chi connectivity index (χ4n) is 10.2. The zero-order valence-electron chi connectivity index (χ0n) is 26.9. The largest absolute Gasteiger partial charge is 0.389 e. The van der Waals surface area contributed by atoms with E-state index < -0.39 is 5.41 Å². The number of hydrogen-bond donors (Lipinski definition) is 1. The fourth-order valence-corrected chi connectivity index (χ4v) is 11.4. The molecule has 2 N–H and O–H groups in total. The van der Waals surface area contributed by atoms with Crippen molar-refractivity contribution in [1.29, 1.82) is 5.26 Å². The van der Waals surface area contributed by atoms with E-state index in [1.165, 1.54) is 11.3 Å². The molecular formula is C34H39N9O3S. The van der Waals surface area contributed by atoms with Crippen molar-refractivity contribution < 1.29 is 9.26 Å². The van der Waals surface area contributed by atoms with Crippen molar-refractivity contribution in [2.75, 3.05) is 44.0 Å². The van der Waals surface area contributed by atoms with E-state index in [9.17, 15) is 10.1 Å². The highest BCUT2D eigenvalue weighted by Crippen LogP contribution is 2.57. The number of likely N-dealkylation sites (N-methyl/N-ethyl adjacent to an activating group) is 1. The third kappa shape index (κ3) is 3.59. The number of nitrogens with two attached hydrogens (primary N) is 1. The number of aromatic nitrogens is 5. The number of nitriles is 1. The molecule has 3 aliphatic heterocycles. The number of nitrogens with zero attached hydrogens (tertiary/aromatic N) is 8. The van der Waals surface area contributed by atoms with Gasteiger partial charge in [0.05, 0.1) is 29.7 Å². The van der Waals surface area contributed by atoms with Gasteiger partial charge in [-0.3, -0.25) is 9.13 Å². The number of fused-ring (bicyclic) bond motifs is 5. The number of ether oxygens (including phenoxy) is 1. The molecule has 12 nitrogen and oxygen atoms in total. The van der Waals surface area contributed by atoms with E-state index in [0.29, 0.717) is 66.0 Å². The predicted octanol–water partition coefficient (Wildman–Crippen LogP) is 3.77. The van der Waals surface area contributed by atoms with E-state index in [0.717, 1.165) is 86.1 Å². The SMILES string of the molecule is C[C@@H]([C@@H]1CCCN1C)N1CCn2c(=O)n([C@@]34COC[C@@H]3C4)c3nc(-c4noc5c4CCC[C@@]54CCCc5sc(N)c(C#N)c54)nc1c32. The number of nitrogen functional groups attached to an aromatic ring is 1. The molecule has 1 spiro atoms. The normalized spacial score (nSPS) is 30.0. The molecule has 4 aromatic rings. The van der Waals surface area contributed by atoms with Gasteiger partial charge < -0.3 is 24.8 Å². The number of aryl methyl sites for hydroxylation is 1. The minimum Gasteiger partial charge on any atom is -0.389 e. The average Bonchev–Trinajstić information content (AvgIpc) is 3.66. The van der Waals surface area contributed by atoms with Crippen molar-refractivity contribution in [1.82, 2.24) is 29.2 Å². The summed E-state index contributed by atoms with van der Waals surface area (Å²) in [7, 11) is 2.21. The van der Waals surface area contributed by atoms with Crippen molar-refractivity contribution in [3.8, 4) is 17.6 Å². The maximum Gasteiger partial charge on any atom is 0.331 e. The average molecular weight is 654 g/mol. The fraction of sp³-hybridized carbons (Fsp3) is 0.618. The van der Waals surface area contributed by atoms with Crippen LogP contribution >= 0.6 is 11.3 Å². The quantitative estimate of drug-likeness (QED) is 0.346. The summed E-state index contributed by atoms with van der Waals surface area (Å²) in [6.45, 7) is 5.92. The molecule has 6 aliphatic rings. The Morgan fingerprint density at radius 2 is 2.00 bits per heavy atom. The Bertz CT molecular complexity index is 2080. The molecule has 0 amide bonds. The summed E-state index contributed by atoms with van der Waals surface area (Å²) in [6, 6.07) is 3.04. The predicted molar refractivity (Wildman–Crippen MR) is 177 cm³/mol. The molecular weight excluding hydrogens is 615 g/mol. The third-order valence-corrected chi connectivity index (χ3v) is 13.7. The van der Waals surface area contributed by atoms with Crippen molar-refractivity contribution in [3.05, 3.63) is 37.8 Å². The van der Waals surface area contributed by atoms with E-state index in [1.54, 1.807) is 11.3 Å². The van der Waals surface area contributed by atoms with Gasteiger partial charge in [-0.05, 0) is 83.9 Å². The summed E-state index contributed by atoms with van der Waals surface area (Å²) in [5, 5.41) is 15.5. The summed E-state index contributed by atoms with van der Waals surface area (Å²) >= 11 is 1.55. The van der Waals surface area contributed by atoms with Crippen molar-refractivity contribution in [3.63, 3.8) is 0 Å². The lowest BCUT2D eigenvalue weighted by atomic mass is 9.63. The molecule has 1 saturated carbocycles. The topological polar surface area (TPSA) is 144 Å². The lowest BCUT2D eigenvalue weighted by molar-refractivity contribution is 0.147. The Balaban J connectivity index is 1.18. The minimum absolute atomic E-state index is 0.0130. The summed E-state index contributed by atoms with van der Waals surface area (Å²) < 4.78 is 16.1. The molecule has 0 unspecified atom stereocenters. The first-order valence-electron chi connectivity index (χ1n) is 17.3. The molecule has 13 heteroatoms. The van der Waals surface area contributed by atoms with E-state index in [1.807, 2.05) is 9.13 Å². The third-order valence-electron chi connectivity index (χ3n) is 12.6. The first kappa shape index (κ1) is 28.3. The Hall–Kier alpha value is -3.73. The van der Waals surface area contributed by atoms with Crippen LogP contribution in [0.25, 0.3) is 22.7 Å². The van der Waals surface area contributed by atoms with Crippen molar-refractivity contribution >= 4 is 33.3 Å². The maximum atomic E-state index is 14.2. The standard InChI is InChI=1S/C34H39N9O3S/c1-18(22-7-5-11-40(22)2)41-12-13-42-26-30(41)37-29(38-31(26)43(32(42)44)34-14-19(34)16-45-17-34)25-20-6-3-9-33(27(20)46-39-25)10-4-8-23-24(33)21(15-35)28(36)47-23/h18-19,22H,3-14,16-17,36H2,1-2H3/t18-,19-,22-,33-,34-/m0/s1. The van der Waals surface area contributed by atoms with E-state index in [-0.39, 0.29) is 17.3 Å². The highest BCUT2D eigenvalue weighted by molar-refractivity contribution is 7.16. The monoisotopic (exact) mass is 653 g/mol. The van der Waals surface area contributed by atoms with Gasteiger partial charge in [0.2, 0.25) is 0 Å². The first-order valence-corrected chi connectivity index (χ1v) is 18.1. The van der Waals surface area contributed by atoms with Gasteiger partial charge in [0.1, 0.15) is 16.6 Å². The van der Waals surface area contributed by atoms with E-state index >= 15 is 0 Å². The number of rotatable bonds is 4. The molecule has 4 aromatic heterocycles. The molecule has 0 radical (unpaired) electrons. The van der Waals surface area contributed by atoms with Gasteiger partial charge in [-0.15, -0.1) is 11.3 Å². The first-order chi connectivity index (χ1) is 22.9. The van der Waals surface area contributed by atoms with Crippen LogP contribution in [0.4, 0.5) is 10.8 Å². The van der Waals surface area contributed by atoms with Crippen LogP contribution in [-0.2, 0) is 35.1 Å². The molecule has 5 atom stereocenters. The van der Waals surface area contributed by atoms with Crippen molar-refractivity contribution in [2.45, 2.75) is 94.3 Å². The summed E-state index contributed by atoms with van der Waals surface area (Å²) in [6.07, 6.45) is 8.72. The van der Waals surface area contributed by atoms with Crippen LogP contribution in [0.2, 0.25) is 0 Å². The van der Waals surface area contributed by atoms with Gasteiger partial charge >= 0.3 is 5.69 Å². The number of anilines is 2. The van der Waals surface area contributed by atoms with Crippen LogP contribution in [0.3, 0.4) is 0 Å². The molecule has 244 valence electrons. The summed E-state index contributed by atoms with van der Waals surface area (Å²) in [5.74, 6) is 2.49. The summed E-state index contributed by atoms with van der Waals surface area (Å²) in [5.41, 5.74) is 10.4. The number of thiophene rings is 1. The highest BCUT2D eigenvalue weighted by atomic mass is 32.1. The van der Waals surface area contributed by atoms with E-state index in [2.05, 4.69) is 29.8 Å². The lowest BCUT2D eigenvalue weighted by Gasteiger charge is -2.39. The smallest absolute Gasteiger partial charge is 0.331 e. The zero-order valence-corrected chi connectivity index (χ0v) is 27.7. The molecule has 3 fully saturated rings. The van der Waals surface area contributed by atoms with Gasteiger partial charge in [0.15, 0.2) is 28.7 Å². The molecule has 3 aliphatic carbocycles. The van der Waals surface area contributed by atoms with Crippen LogP contribution in [0.1, 0.15) is 79.2 Å². The van der Waals surface area contributed by atoms with Crippen molar-refractivity contribution in [2.24, 2.45) is 5.92 Å². The second kappa shape index (κ2) is 9.67. The summed E-state index contributed by atoms with van der Waals surface area (Å²) in [4.78, 5) is 30.8. The Labute approximate surface area is 276 Å².